The molecule has 0 saturated carbocycles. The van der Waals surface area contributed by atoms with E-state index >= 15 is 0 Å². The van der Waals surface area contributed by atoms with Crippen LogP contribution in [0.25, 0.3) is 0 Å². The minimum atomic E-state index is -0.929. The van der Waals surface area contributed by atoms with Crippen LogP contribution in [-0.2, 0) is 16.6 Å². The number of aryl methyl sites for hydroxylation is 1. The molecule has 18 heavy (non-hydrogen) atoms. The van der Waals surface area contributed by atoms with E-state index in [9.17, 15) is 9.59 Å². The third-order valence-corrected chi connectivity index (χ3v) is 3.99. The highest BCUT2D eigenvalue weighted by Gasteiger charge is 2.46. The van der Waals surface area contributed by atoms with Crippen molar-refractivity contribution in [2.45, 2.75) is 32.1 Å². The van der Waals surface area contributed by atoms with Gasteiger partial charge in [0, 0.05) is 6.54 Å². The van der Waals surface area contributed by atoms with Crippen LogP contribution in [0.15, 0.2) is 12.1 Å². The number of carboxylic acids is 1. The summed E-state index contributed by atoms with van der Waals surface area (Å²) in [5, 5.41) is 9.16. The number of nitrogens with zero attached hydrogens (tertiary/aromatic N) is 1. The predicted octanol–water partition coefficient (Wildman–Crippen LogP) is 1.96. The van der Waals surface area contributed by atoms with Gasteiger partial charge in [-0.15, -0.1) is 0 Å². The largest absolute Gasteiger partial charge is 0.478 e. The maximum Gasteiger partial charge on any atom is 0.335 e. The highest BCUT2D eigenvalue weighted by Crippen LogP contribution is 2.46. The number of aromatic carboxylic acids is 1. The molecule has 0 saturated heterocycles. The topological polar surface area (TPSA) is 57.6 Å². The number of carboxylic acid groups (broad SMARTS) is 1. The summed E-state index contributed by atoms with van der Waals surface area (Å²) in [7, 11) is 0. The van der Waals surface area contributed by atoms with Gasteiger partial charge in [-0.2, -0.15) is 0 Å². The maximum absolute atomic E-state index is 12.4. The summed E-state index contributed by atoms with van der Waals surface area (Å²) in [6.45, 7) is 4.48. The molecule has 1 N–H and O–H groups in total. The van der Waals surface area contributed by atoms with Crippen molar-refractivity contribution in [2.75, 3.05) is 11.4 Å². The first-order valence-electron chi connectivity index (χ1n) is 6.15. The van der Waals surface area contributed by atoms with Crippen LogP contribution in [0, 0.1) is 0 Å². The van der Waals surface area contributed by atoms with Crippen molar-refractivity contribution in [1.82, 2.24) is 0 Å². The van der Waals surface area contributed by atoms with Crippen LogP contribution in [0.4, 0.5) is 5.69 Å². The SMILES string of the molecule is CC1(C)C(=O)N2CCCc3cc(C(=O)O)cc1c32. The minimum Gasteiger partial charge on any atom is -0.478 e. The fraction of sp³-hybridized carbons (Fsp3) is 0.429. The molecule has 0 fully saturated rings. The highest BCUT2D eigenvalue weighted by molar-refractivity contribution is 6.09. The molecule has 2 aliphatic rings. The number of hydrogen-bond acceptors (Lipinski definition) is 2. The molecule has 94 valence electrons. The zero-order valence-corrected chi connectivity index (χ0v) is 10.5. The monoisotopic (exact) mass is 245 g/mol. The number of rotatable bonds is 1. The third kappa shape index (κ3) is 1.26. The summed E-state index contributed by atoms with van der Waals surface area (Å²) >= 11 is 0. The lowest BCUT2D eigenvalue weighted by molar-refractivity contribution is -0.122. The minimum absolute atomic E-state index is 0.0842. The smallest absolute Gasteiger partial charge is 0.335 e. The lowest BCUT2D eigenvalue weighted by Gasteiger charge is -2.25. The summed E-state index contributed by atoms with van der Waals surface area (Å²) in [4.78, 5) is 25.3. The summed E-state index contributed by atoms with van der Waals surface area (Å²) < 4.78 is 0. The number of benzene rings is 1. The van der Waals surface area contributed by atoms with E-state index in [4.69, 9.17) is 5.11 Å². The molecular formula is C14H15NO3. The molecule has 2 heterocycles. The zero-order chi connectivity index (χ0) is 13.1. The third-order valence-electron chi connectivity index (χ3n) is 3.99. The Morgan fingerprint density at radius 3 is 2.78 bits per heavy atom. The van der Waals surface area contributed by atoms with Gasteiger partial charge in [-0.3, -0.25) is 4.79 Å². The highest BCUT2D eigenvalue weighted by atomic mass is 16.4. The number of amides is 1. The fourth-order valence-corrected chi connectivity index (χ4v) is 3.00. The lowest BCUT2D eigenvalue weighted by atomic mass is 9.84. The van der Waals surface area contributed by atoms with Gasteiger partial charge in [0.1, 0.15) is 0 Å². The van der Waals surface area contributed by atoms with Gasteiger partial charge in [-0.05, 0) is 49.9 Å². The summed E-state index contributed by atoms with van der Waals surface area (Å²) in [5.74, 6) is -0.845. The second-order valence-electron chi connectivity index (χ2n) is 5.52. The van der Waals surface area contributed by atoms with E-state index in [1.807, 2.05) is 18.7 Å². The van der Waals surface area contributed by atoms with Crippen LogP contribution in [0.2, 0.25) is 0 Å². The molecule has 0 aliphatic carbocycles. The van der Waals surface area contributed by atoms with E-state index in [-0.39, 0.29) is 11.5 Å². The predicted molar refractivity (Wildman–Crippen MR) is 67.1 cm³/mol. The van der Waals surface area contributed by atoms with Crippen molar-refractivity contribution < 1.29 is 14.7 Å². The van der Waals surface area contributed by atoms with Gasteiger partial charge < -0.3 is 10.0 Å². The fourth-order valence-electron chi connectivity index (χ4n) is 3.00. The van der Waals surface area contributed by atoms with Gasteiger partial charge in [-0.25, -0.2) is 4.79 Å². The number of carbonyl (C=O) groups is 2. The normalized spacial score (nSPS) is 19.9. The van der Waals surface area contributed by atoms with E-state index < -0.39 is 11.4 Å². The first-order valence-corrected chi connectivity index (χ1v) is 6.15. The molecule has 0 unspecified atom stereocenters. The standard InChI is InChI=1S/C14H15NO3/c1-14(2)10-7-9(12(16)17)6-8-4-3-5-15(11(8)10)13(14)18/h6-7H,3-5H2,1-2H3,(H,16,17). The molecule has 0 atom stereocenters. The Labute approximate surface area is 105 Å². The Balaban J connectivity index is 2.31. The molecule has 0 bridgehead atoms. The molecular weight excluding hydrogens is 230 g/mol. The van der Waals surface area contributed by atoms with Crippen LogP contribution in [-0.4, -0.2) is 23.5 Å². The van der Waals surface area contributed by atoms with Crippen LogP contribution in [0.1, 0.15) is 41.8 Å². The van der Waals surface area contributed by atoms with Gasteiger partial charge in [0.25, 0.3) is 0 Å². The first kappa shape index (κ1) is 11.3. The van der Waals surface area contributed by atoms with E-state index in [2.05, 4.69) is 0 Å². The number of carbonyl (C=O) groups excluding carboxylic acids is 1. The van der Waals surface area contributed by atoms with Crippen molar-refractivity contribution in [2.24, 2.45) is 0 Å². The molecule has 1 amide bonds. The van der Waals surface area contributed by atoms with Gasteiger partial charge in [0.15, 0.2) is 0 Å². The number of anilines is 1. The molecule has 2 aliphatic heterocycles. The van der Waals surface area contributed by atoms with Crippen molar-refractivity contribution in [3.05, 3.63) is 28.8 Å². The van der Waals surface area contributed by atoms with Gasteiger partial charge in [-0.1, -0.05) is 0 Å². The van der Waals surface area contributed by atoms with Crippen LogP contribution in [0.3, 0.4) is 0 Å². The van der Waals surface area contributed by atoms with Gasteiger partial charge >= 0.3 is 5.97 Å². The van der Waals surface area contributed by atoms with Crippen LogP contribution < -0.4 is 4.90 Å². The van der Waals surface area contributed by atoms with Gasteiger partial charge in [0.2, 0.25) is 5.91 Å². The maximum atomic E-state index is 12.4. The molecule has 1 aromatic rings. The average molecular weight is 245 g/mol. The van der Waals surface area contributed by atoms with E-state index in [1.54, 1.807) is 12.1 Å². The molecule has 0 radical (unpaired) electrons. The Morgan fingerprint density at radius 2 is 2.11 bits per heavy atom. The van der Waals surface area contributed by atoms with Crippen LogP contribution >= 0.6 is 0 Å². The second-order valence-corrected chi connectivity index (χ2v) is 5.52. The molecule has 4 nitrogen and oxygen atoms in total. The van der Waals surface area contributed by atoms with Gasteiger partial charge in [0.05, 0.1) is 16.7 Å². The molecule has 0 aromatic heterocycles. The van der Waals surface area contributed by atoms with Crippen molar-refractivity contribution in [1.29, 1.82) is 0 Å². The molecule has 0 spiro atoms. The number of hydrogen-bond donors (Lipinski definition) is 1. The van der Waals surface area contributed by atoms with E-state index in [1.165, 1.54) is 0 Å². The zero-order valence-electron chi connectivity index (χ0n) is 10.5. The Morgan fingerprint density at radius 1 is 1.39 bits per heavy atom. The lowest BCUT2D eigenvalue weighted by Crippen LogP contribution is -2.38. The first-order chi connectivity index (χ1) is 8.43. The summed E-state index contributed by atoms with van der Waals surface area (Å²) in [6.07, 6.45) is 1.75. The Kier molecular flexibility index (Phi) is 2.09. The quantitative estimate of drug-likeness (QED) is 0.822. The van der Waals surface area contributed by atoms with E-state index in [0.29, 0.717) is 0 Å². The molecule has 3 rings (SSSR count). The molecule has 4 heteroatoms. The summed E-state index contributed by atoms with van der Waals surface area (Å²) in [6, 6.07) is 3.37. The van der Waals surface area contributed by atoms with Crippen LogP contribution in [0.5, 0.6) is 0 Å². The van der Waals surface area contributed by atoms with Crippen molar-refractivity contribution in [3.63, 3.8) is 0 Å². The Bertz CT molecular complexity index is 575. The average Bonchev–Trinajstić information content (AvgIpc) is 2.53. The second kappa shape index (κ2) is 3.34. The van der Waals surface area contributed by atoms with Crippen molar-refractivity contribution in [3.8, 4) is 0 Å². The Hall–Kier alpha value is -1.84. The summed E-state index contributed by atoms with van der Waals surface area (Å²) in [5.41, 5.74) is 2.49. The van der Waals surface area contributed by atoms with E-state index in [0.717, 1.165) is 36.2 Å². The van der Waals surface area contributed by atoms with Crippen molar-refractivity contribution >= 4 is 17.6 Å². The molecule has 1 aromatic carbocycles.